The SMILES string of the molecule is CN1CC(COc2ccc(C(F)(F)F)cc2C(N)=O)C1. The number of hydrogen-bond acceptors (Lipinski definition) is 3. The molecular formula is C13H15F3N2O2. The van der Waals surface area contributed by atoms with Crippen LogP contribution in [0.5, 0.6) is 5.75 Å². The van der Waals surface area contributed by atoms with Crippen molar-refractivity contribution >= 4 is 5.91 Å². The highest BCUT2D eigenvalue weighted by atomic mass is 19.4. The first-order valence-corrected chi connectivity index (χ1v) is 6.09. The van der Waals surface area contributed by atoms with Crippen LogP contribution in [0, 0.1) is 5.92 Å². The lowest BCUT2D eigenvalue weighted by molar-refractivity contribution is -0.137. The largest absolute Gasteiger partial charge is 0.492 e. The van der Waals surface area contributed by atoms with Crippen molar-refractivity contribution in [3.8, 4) is 5.75 Å². The number of benzene rings is 1. The van der Waals surface area contributed by atoms with Crippen LogP contribution in [-0.2, 0) is 6.18 Å². The van der Waals surface area contributed by atoms with Gasteiger partial charge >= 0.3 is 6.18 Å². The summed E-state index contributed by atoms with van der Waals surface area (Å²) in [5.41, 5.74) is 3.95. The van der Waals surface area contributed by atoms with Crippen LogP contribution in [0.2, 0.25) is 0 Å². The molecule has 1 saturated heterocycles. The van der Waals surface area contributed by atoms with Gasteiger partial charge in [0.05, 0.1) is 17.7 Å². The van der Waals surface area contributed by atoms with E-state index in [2.05, 4.69) is 4.90 Å². The smallest absolute Gasteiger partial charge is 0.416 e. The third kappa shape index (κ3) is 3.22. The molecule has 110 valence electrons. The molecule has 0 spiro atoms. The fourth-order valence-electron chi connectivity index (χ4n) is 2.17. The predicted molar refractivity (Wildman–Crippen MR) is 66.4 cm³/mol. The van der Waals surface area contributed by atoms with E-state index >= 15 is 0 Å². The second-order valence-electron chi connectivity index (χ2n) is 4.97. The fraction of sp³-hybridized carbons (Fsp3) is 0.462. The predicted octanol–water partition coefficient (Wildman–Crippen LogP) is 1.74. The van der Waals surface area contributed by atoms with Crippen LogP contribution in [0.15, 0.2) is 18.2 Å². The van der Waals surface area contributed by atoms with E-state index in [0.29, 0.717) is 12.5 Å². The van der Waals surface area contributed by atoms with Crippen LogP contribution in [0.25, 0.3) is 0 Å². The molecule has 0 unspecified atom stereocenters. The average molecular weight is 288 g/mol. The molecule has 2 N–H and O–H groups in total. The number of nitrogens with zero attached hydrogens (tertiary/aromatic N) is 1. The molecule has 0 saturated carbocycles. The van der Waals surface area contributed by atoms with E-state index in [4.69, 9.17) is 10.5 Å². The number of carbonyl (C=O) groups is 1. The van der Waals surface area contributed by atoms with E-state index < -0.39 is 17.6 Å². The number of amides is 1. The van der Waals surface area contributed by atoms with Crippen molar-refractivity contribution in [2.45, 2.75) is 6.18 Å². The Morgan fingerprint density at radius 3 is 2.60 bits per heavy atom. The minimum Gasteiger partial charge on any atom is -0.492 e. The Hall–Kier alpha value is -1.76. The topological polar surface area (TPSA) is 55.6 Å². The molecular weight excluding hydrogens is 273 g/mol. The zero-order valence-corrected chi connectivity index (χ0v) is 10.9. The summed E-state index contributed by atoms with van der Waals surface area (Å²) in [6, 6.07) is 2.75. The van der Waals surface area contributed by atoms with Crippen LogP contribution in [0.1, 0.15) is 15.9 Å². The van der Waals surface area contributed by atoms with E-state index in [0.717, 1.165) is 31.3 Å². The van der Waals surface area contributed by atoms with Gasteiger partial charge in [0.15, 0.2) is 0 Å². The van der Waals surface area contributed by atoms with Crippen molar-refractivity contribution in [1.29, 1.82) is 0 Å². The van der Waals surface area contributed by atoms with Gasteiger partial charge in [0, 0.05) is 19.0 Å². The van der Waals surface area contributed by atoms with Gasteiger partial charge in [-0.15, -0.1) is 0 Å². The van der Waals surface area contributed by atoms with Gasteiger partial charge < -0.3 is 15.4 Å². The molecule has 0 bridgehead atoms. The summed E-state index contributed by atoms with van der Waals surface area (Å²) in [5.74, 6) is -0.514. The van der Waals surface area contributed by atoms with E-state index in [1.807, 2.05) is 7.05 Å². The summed E-state index contributed by atoms with van der Waals surface area (Å²) in [6.07, 6.45) is -4.51. The molecule has 1 heterocycles. The maximum absolute atomic E-state index is 12.6. The van der Waals surface area contributed by atoms with Crippen molar-refractivity contribution < 1.29 is 22.7 Å². The summed E-state index contributed by atoms with van der Waals surface area (Å²) < 4.78 is 43.2. The Balaban J connectivity index is 2.13. The monoisotopic (exact) mass is 288 g/mol. The Morgan fingerprint density at radius 2 is 2.10 bits per heavy atom. The standard InChI is InChI=1S/C13H15F3N2O2/c1-18-5-8(6-18)7-20-11-3-2-9(13(14,15)16)4-10(11)12(17)19/h2-4,8H,5-7H2,1H3,(H2,17,19). The number of carbonyl (C=O) groups excluding carboxylic acids is 1. The van der Waals surface area contributed by atoms with Crippen molar-refractivity contribution in [3.63, 3.8) is 0 Å². The summed E-state index contributed by atoms with van der Waals surface area (Å²) in [5, 5.41) is 0. The zero-order chi connectivity index (χ0) is 14.9. The number of hydrogen-bond donors (Lipinski definition) is 1. The molecule has 0 aromatic heterocycles. The number of primary amides is 1. The first-order chi connectivity index (χ1) is 9.27. The zero-order valence-electron chi connectivity index (χ0n) is 10.9. The van der Waals surface area contributed by atoms with Crippen LogP contribution in [0.3, 0.4) is 0 Å². The van der Waals surface area contributed by atoms with Crippen molar-refractivity contribution in [1.82, 2.24) is 4.90 Å². The highest BCUT2D eigenvalue weighted by Gasteiger charge is 2.32. The molecule has 1 aromatic carbocycles. The lowest BCUT2D eigenvalue weighted by Crippen LogP contribution is -2.46. The third-order valence-corrected chi connectivity index (χ3v) is 3.19. The lowest BCUT2D eigenvalue weighted by atomic mass is 10.0. The highest BCUT2D eigenvalue weighted by molar-refractivity contribution is 5.95. The molecule has 1 aliphatic rings. The molecule has 1 fully saturated rings. The minimum absolute atomic E-state index is 0.0973. The first-order valence-electron chi connectivity index (χ1n) is 6.09. The highest BCUT2D eigenvalue weighted by Crippen LogP contribution is 2.32. The number of nitrogens with two attached hydrogens (primary N) is 1. The van der Waals surface area contributed by atoms with Crippen LogP contribution >= 0.6 is 0 Å². The molecule has 7 heteroatoms. The van der Waals surface area contributed by atoms with Gasteiger partial charge in [-0.05, 0) is 25.2 Å². The van der Waals surface area contributed by atoms with Gasteiger partial charge in [0.25, 0.3) is 5.91 Å². The van der Waals surface area contributed by atoms with Gasteiger partial charge in [-0.1, -0.05) is 0 Å². The van der Waals surface area contributed by atoms with Gasteiger partial charge in [-0.3, -0.25) is 4.79 Å². The van der Waals surface area contributed by atoms with Crippen LogP contribution < -0.4 is 10.5 Å². The Morgan fingerprint density at radius 1 is 1.45 bits per heavy atom. The van der Waals surface area contributed by atoms with Crippen molar-refractivity contribution in [2.75, 3.05) is 26.7 Å². The van der Waals surface area contributed by atoms with E-state index in [9.17, 15) is 18.0 Å². The Bertz CT molecular complexity index is 511. The van der Waals surface area contributed by atoms with Crippen LogP contribution in [0.4, 0.5) is 13.2 Å². The number of ether oxygens (including phenoxy) is 1. The number of rotatable bonds is 4. The van der Waals surface area contributed by atoms with Gasteiger partial charge in [0.2, 0.25) is 0 Å². The molecule has 1 aromatic rings. The fourth-order valence-corrected chi connectivity index (χ4v) is 2.17. The summed E-state index contributed by atoms with van der Waals surface area (Å²) >= 11 is 0. The number of halogens is 3. The van der Waals surface area contributed by atoms with E-state index in [1.54, 1.807) is 0 Å². The van der Waals surface area contributed by atoms with E-state index in [-0.39, 0.29) is 11.3 Å². The molecule has 20 heavy (non-hydrogen) atoms. The molecule has 1 aliphatic heterocycles. The van der Waals surface area contributed by atoms with Gasteiger partial charge in [-0.25, -0.2) is 0 Å². The Kier molecular flexibility index (Phi) is 3.89. The normalized spacial score (nSPS) is 16.8. The van der Waals surface area contributed by atoms with Crippen LogP contribution in [-0.4, -0.2) is 37.6 Å². The molecule has 0 aliphatic carbocycles. The van der Waals surface area contributed by atoms with Crippen molar-refractivity contribution in [3.05, 3.63) is 29.3 Å². The van der Waals surface area contributed by atoms with Crippen molar-refractivity contribution in [2.24, 2.45) is 11.7 Å². The second-order valence-corrected chi connectivity index (χ2v) is 4.97. The molecule has 1 amide bonds. The first kappa shape index (κ1) is 14.6. The molecule has 4 nitrogen and oxygen atoms in total. The summed E-state index contributed by atoms with van der Waals surface area (Å²) in [7, 11) is 1.96. The maximum Gasteiger partial charge on any atom is 0.416 e. The molecule has 2 rings (SSSR count). The molecule has 0 radical (unpaired) electrons. The summed E-state index contributed by atoms with van der Waals surface area (Å²) in [4.78, 5) is 13.3. The van der Waals surface area contributed by atoms with Gasteiger partial charge in [-0.2, -0.15) is 13.2 Å². The minimum atomic E-state index is -4.51. The number of alkyl halides is 3. The van der Waals surface area contributed by atoms with Gasteiger partial charge in [0.1, 0.15) is 5.75 Å². The Labute approximate surface area is 114 Å². The second kappa shape index (κ2) is 5.32. The average Bonchev–Trinajstić information content (AvgIpc) is 2.31. The third-order valence-electron chi connectivity index (χ3n) is 3.19. The van der Waals surface area contributed by atoms with E-state index in [1.165, 1.54) is 0 Å². The maximum atomic E-state index is 12.6. The number of likely N-dealkylation sites (tertiary alicyclic amines) is 1. The summed E-state index contributed by atoms with van der Waals surface area (Å²) in [6.45, 7) is 2.09. The molecule has 0 atom stereocenters. The lowest BCUT2D eigenvalue weighted by Gasteiger charge is -2.35. The quantitative estimate of drug-likeness (QED) is 0.918.